The van der Waals surface area contributed by atoms with Crippen LogP contribution in [0.2, 0.25) is 0 Å². The number of nitrogens with zero attached hydrogens (tertiary/aromatic N) is 1. The Morgan fingerprint density at radius 3 is 2.81 bits per heavy atom. The summed E-state index contributed by atoms with van der Waals surface area (Å²) in [5.74, 6) is 0.938. The van der Waals surface area contributed by atoms with E-state index >= 15 is 0 Å². The lowest BCUT2D eigenvalue weighted by atomic mass is 10.2. The van der Waals surface area contributed by atoms with Gasteiger partial charge in [0.2, 0.25) is 0 Å². The van der Waals surface area contributed by atoms with E-state index in [1.807, 2.05) is 13.8 Å². The van der Waals surface area contributed by atoms with Crippen LogP contribution in [0.1, 0.15) is 39.5 Å². The molecular formula is C14H29N3O3S. The van der Waals surface area contributed by atoms with E-state index in [0.717, 1.165) is 44.9 Å². The van der Waals surface area contributed by atoms with Gasteiger partial charge in [-0.1, -0.05) is 0 Å². The van der Waals surface area contributed by atoms with E-state index in [9.17, 15) is 8.42 Å². The highest BCUT2D eigenvalue weighted by atomic mass is 32.2. The Bertz CT molecular complexity index is 417. The molecule has 0 spiro atoms. The first-order valence-corrected chi connectivity index (χ1v) is 9.81. The molecule has 2 atom stereocenters. The standard InChI is InChI=1S/C14H29N3O3S/c1-4-15-14(16-9-7-13-6-5-10-20-13)17-12(2)8-11-21(3,18)19/h12-13H,4-11H2,1-3H3,(H2,15,16,17). The second kappa shape index (κ2) is 9.25. The zero-order chi connectivity index (χ0) is 15.7. The van der Waals surface area contributed by atoms with Gasteiger partial charge in [-0.3, -0.25) is 4.99 Å². The molecule has 1 aliphatic heterocycles. The molecule has 0 bridgehead atoms. The molecule has 2 N–H and O–H groups in total. The highest BCUT2D eigenvalue weighted by Gasteiger charge is 2.15. The van der Waals surface area contributed by atoms with Crippen LogP contribution in [0.4, 0.5) is 0 Å². The summed E-state index contributed by atoms with van der Waals surface area (Å²) in [6, 6.07) is 0.0697. The van der Waals surface area contributed by atoms with Gasteiger partial charge >= 0.3 is 0 Å². The third-order valence-electron chi connectivity index (χ3n) is 3.39. The molecule has 6 nitrogen and oxygen atoms in total. The van der Waals surface area contributed by atoms with Crippen molar-refractivity contribution < 1.29 is 13.2 Å². The lowest BCUT2D eigenvalue weighted by molar-refractivity contribution is 0.106. The number of guanidine groups is 1. The normalized spacial score (nSPS) is 21.3. The maximum Gasteiger partial charge on any atom is 0.191 e. The quantitative estimate of drug-likeness (QED) is 0.514. The lowest BCUT2D eigenvalue weighted by Gasteiger charge is -2.17. The fraction of sp³-hybridized carbons (Fsp3) is 0.929. The van der Waals surface area contributed by atoms with Crippen LogP contribution in [0.5, 0.6) is 0 Å². The van der Waals surface area contributed by atoms with Crippen LogP contribution in [-0.4, -0.2) is 58.2 Å². The number of hydrogen-bond donors (Lipinski definition) is 2. The van der Waals surface area contributed by atoms with Gasteiger partial charge in [0.15, 0.2) is 5.96 Å². The molecule has 1 heterocycles. The summed E-state index contributed by atoms with van der Waals surface area (Å²) >= 11 is 0. The summed E-state index contributed by atoms with van der Waals surface area (Å²) in [6.45, 7) is 6.36. The monoisotopic (exact) mass is 319 g/mol. The molecule has 0 aromatic rings. The van der Waals surface area contributed by atoms with E-state index in [1.54, 1.807) is 0 Å². The van der Waals surface area contributed by atoms with Crippen LogP contribution < -0.4 is 10.6 Å². The number of sulfone groups is 1. The van der Waals surface area contributed by atoms with Crippen LogP contribution in [0, 0.1) is 0 Å². The van der Waals surface area contributed by atoms with Gasteiger partial charge in [-0.25, -0.2) is 8.42 Å². The van der Waals surface area contributed by atoms with Crippen LogP contribution in [0.3, 0.4) is 0 Å². The van der Waals surface area contributed by atoms with Gasteiger partial charge in [-0.2, -0.15) is 0 Å². The highest BCUT2D eigenvalue weighted by Crippen LogP contribution is 2.14. The van der Waals surface area contributed by atoms with Crippen LogP contribution in [-0.2, 0) is 14.6 Å². The molecule has 0 saturated carbocycles. The molecule has 2 unspecified atom stereocenters. The van der Waals surface area contributed by atoms with Crippen LogP contribution >= 0.6 is 0 Å². The smallest absolute Gasteiger partial charge is 0.191 e. The average molecular weight is 319 g/mol. The lowest BCUT2D eigenvalue weighted by Crippen LogP contribution is -2.43. The summed E-state index contributed by atoms with van der Waals surface area (Å²) in [6.07, 6.45) is 5.41. The molecule has 1 aliphatic rings. The largest absolute Gasteiger partial charge is 0.378 e. The van der Waals surface area contributed by atoms with Gasteiger partial charge in [-0.15, -0.1) is 0 Å². The van der Waals surface area contributed by atoms with Gasteiger partial charge in [0.05, 0.1) is 11.9 Å². The Balaban J connectivity index is 2.36. The summed E-state index contributed by atoms with van der Waals surface area (Å²) in [7, 11) is -2.91. The summed E-state index contributed by atoms with van der Waals surface area (Å²) in [5.41, 5.74) is 0. The van der Waals surface area contributed by atoms with Crippen molar-refractivity contribution in [3.63, 3.8) is 0 Å². The van der Waals surface area contributed by atoms with Crippen molar-refractivity contribution in [3.05, 3.63) is 0 Å². The number of rotatable bonds is 8. The van der Waals surface area contributed by atoms with Crippen molar-refractivity contribution in [3.8, 4) is 0 Å². The minimum absolute atomic E-state index is 0.0697. The van der Waals surface area contributed by atoms with E-state index in [1.165, 1.54) is 6.26 Å². The van der Waals surface area contributed by atoms with E-state index in [4.69, 9.17) is 4.74 Å². The van der Waals surface area contributed by atoms with E-state index < -0.39 is 9.84 Å². The Morgan fingerprint density at radius 2 is 2.24 bits per heavy atom. The molecule has 1 rings (SSSR count). The molecule has 0 aromatic carbocycles. The molecule has 124 valence electrons. The SMILES string of the molecule is CCNC(=NCCC1CCCO1)NC(C)CCS(C)(=O)=O. The molecule has 0 aromatic heterocycles. The molecule has 0 radical (unpaired) electrons. The third-order valence-corrected chi connectivity index (χ3v) is 4.37. The first-order chi connectivity index (χ1) is 9.90. The van der Waals surface area contributed by atoms with Crippen molar-refractivity contribution in [1.82, 2.24) is 10.6 Å². The maximum absolute atomic E-state index is 11.2. The molecule has 21 heavy (non-hydrogen) atoms. The number of nitrogens with one attached hydrogen (secondary N) is 2. The van der Waals surface area contributed by atoms with Crippen LogP contribution in [0.15, 0.2) is 4.99 Å². The molecule has 0 amide bonds. The molecule has 1 saturated heterocycles. The van der Waals surface area contributed by atoms with Crippen molar-refractivity contribution in [2.45, 2.75) is 51.7 Å². The predicted molar refractivity (Wildman–Crippen MR) is 86.5 cm³/mol. The van der Waals surface area contributed by atoms with Gasteiger partial charge < -0.3 is 15.4 Å². The average Bonchev–Trinajstić information content (AvgIpc) is 2.89. The third kappa shape index (κ3) is 8.93. The molecule has 1 fully saturated rings. The Morgan fingerprint density at radius 1 is 1.48 bits per heavy atom. The fourth-order valence-corrected chi connectivity index (χ4v) is 2.99. The first kappa shape index (κ1) is 18.2. The molecule has 0 aliphatic carbocycles. The van der Waals surface area contributed by atoms with Gasteiger partial charge in [-0.05, 0) is 39.5 Å². The first-order valence-electron chi connectivity index (χ1n) is 7.75. The number of hydrogen-bond acceptors (Lipinski definition) is 4. The Hall–Kier alpha value is -0.820. The van der Waals surface area contributed by atoms with E-state index in [2.05, 4.69) is 15.6 Å². The zero-order valence-corrected chi connectivity index (χ0v) is 14.2. The molecule has 7 heteroatoms. The Kier molecular flexibility index (Phi) is 8.03. The Labute approximate surface area is 128 Å². The number of aliphatic imine (C=N–C) groups is 1. The van der Waals surface area contributed by atoms with E-state index in [-0.39, 0.29) is 11.8 Å². The predicted octanol–water partition coefficient (Wildman–Crippen LogP) is 0.934. The second-order valence-electron chi connectivity index (χ2n) is 5.65. The van der Waals surface area contributed by atoms with Crippen LogP contribution in [0.25, 0.3) is 0 Å². The van der Waals surface area contributed by atoms with Gasteiger partial charge in [0.25, 0.3) is 0 Å². The van der Waals surface area contributed by atoms with Crippen molar-refractivity contribution >= 4 is 15.8 Å². The summed E-state index contributed by atoms with van der Waals surface area (Å²) in [5, 5.41) is 6.43. The van der Waals surface area contributed by atoms with E-state index in [0.29, 0.717) is 12.5 Å². The topological polar surface area (TPSA) is 79.8 Å². The zero-order valence-electron chi connectivity index (χ0n) is 13.4. The van der Waals surface area contributed by atoms with Gasteiger partial charge in [0, 0.05) is 32.0 Å². The van der Waals surface area contributed by atoms with Crippen molar-refractivity contribution in [2.24, 2.45) is 4.99 Å². The minimum Gasteiger partial charge on any atom is -0.378 e. The van der Waals surface area contributed by atoms with Gasteiger partial charge in [0.1, 0.15) is 9.84 Å². The second-order valence-corrected chi connectivity index (χ2v) is 7.91. The number of ether oxygens (including phenoxy) is 1. The minimum atomic E-state index is -2.91. The highest BCUT2D eigenvalue weighted by molar-refractivity contribution is 7.90. The fourth-order valence-electron chi connectivity index (χ4n) is 2.21. The van der Waals surface area contributed by atoms with Crippen molar-refractivity contribution in [2.75, 3.05) is 31.7 Å². The summed E-state index contributed by atoms with van der Waals surface area (Å²) in [4.78, 5) is 4.53. The molecular weight excluding hydrogens is 290 g/mol. The summed E-state index contributed by atoms with van der Waals surface area (Å²) < 4.78 is 27.9. The maximum atomic E-state index is 11.2. The van der Waals surface area contributed by atoms with Crippen molar-refractivity contribution in [1.29, 1.82) is 0 Å².